The zero-order valence-electron chi connectivity index (χ0n) is 14.0. The molecule has 1 heterocycles. The Bertz CT molecular complexity index is 722. The van der Waals surface area contributed by atoms with E-state index in [0.29, 0.717) is 25.3 Å². The number of para-hydroxylation sites is 1. The van der Waals surface area contributed by atoms with Gasteiger partial charge in [-0.3, -0.25) is 4.79 Å². The average molecular weight is 363 g/mol. The maximum Gasteiger partial charge on any atom is 0.224 e. The highest BCUT2D eigenvalue weighted by Gasteiger charge is 2.17. The van der Waals surface area contributed by atoms with Gasteiger partial charge in [-0.05, 0) is 37.6 Å². The van der Waals surface area contributed by atoms with E-state index in [1.54, 1.807) is 6.07 Å². The SMILES string of the molecule is Cl.O=C1CCc2c(cccc2OCCCNCc2ccccc2O)N1. The Labute approximate surface area is 153 Å². The Hall–Kier alpha value is -2.24. The number of anilines is 1. The third-order valence-electron chi connectivity index (χ3n) is 4.07. The normalized spacial score (nSPS) is 12.7. The molecule has 0 radical (unpaired) electrons. The number of fused-ring (bicyclic) bond motifs is 1. The van der Waals surface area contributed by atoms with E-state index in [9.17, 15) is 9.90 Å². The summed E-state index contributed by atoms with van der Waals surface area (Å²) in [6.45, 7) is 2.05. The van der Waals surface area contributed by atoms with Crippen molar-refractivity contribution in [1.29, 1.82) is 0 Å². The Morgan fingerprint density at radius 2 is 1.96 bits per heavy atom. The minimum absolute atomic E-state index is 0. The molecule has 6 heteroatoms. The molecule has 0 aliphatic carbocycles. The summed E-state index contributed by atoms with van der Waals surface area (Å²) in [4.78, 5) is 11.4. The molecule has 0 saturated carbocycles. The first-order valence-corrected chi connectivity index (χ1v) is 8.26. The molecule has 0 atom stereocenters. The number of hydrogen-bond acceptors (Lipinski definition) is 4. The van der Waals surface area contributed by atoms with Gasteiger partial charge in [0.1, 0.15) is 11.5 Å². The monoisotopic (exact) mass is 362 g/mol. The van der Waals surface area contributed by atoms with Crippen molar-refractivity contribution in [1.82, 2.24) is 5.32 Å². The number of benzene rings is 2. The first kappa shape index (κ1) is 19.1. The highest BCUT2D eigenvalue weighted by atomic mass is 35.5. The number of phenols is 1. The van der Waals surface area contributed by atoms with Gasteiger partial charge in [0.05, 0.1) is 6.61 Å². The number of halogens is 1. The maximum atomic E-state index is 11.4. The number of carbonyl (C=O) groups excluding carboxylic acids is 1. The van der Waals surface area contributed by atoms with Gasteiger partial charge in [0, 0.05) is 29.8 Å². The van der Waals surface area contributed by atoms with Crippen LogP contribution in [0, 0.1) is 0 Å². The van der Waals surface area contributed by atoms with Crippen LogP contribution in [-0.4, -0.2) is 24.2 Å². The number of carbonyl (C=O) groups is 1. The number of phenolic OH excluding ortho intramolecular Hbond substituents is 1. The minimum atomic E-state index is 0. The van der Waals surface area contributed by atoms with E-state index in [-0.39, 0.29) is 18.3 Å². The predicted octanol–water partition coefficient (Wildman–Crippen LogP) is 3.26. The molecular weight excluding hydrogens is 340 g/mol. The minimum Gasteiger partial charge on any atom is -0.508 e. The third-order valence-corrected chi connectivity index (χ3v) is 4.07. The van der Waals surface area contributed by atoms with Crippen molar-refractivity contribution in [2.24, 2.45) is 0 Å². The topological polar surface area (TPSA) is 70.6 Å². The van der Waals surface area contributed by atoms with Gasteiger partial charge in [0.15, 0.2) is 0 Å². The number of hydrogen-bond donors (Lipinski definition) is 3. The summed E-state index contributed by atoms with van der Waals surface area (Å²) in [5.41, 5.74) is 2.84. The van der Waals surface area contributed by atoms with Gasteiger partial charge in [-0.2, -0.15) is 0 Å². The van der Waals surface area contributed by atoms with E-state index in [0.717, 1.165) is 42.0 Å². The molecule has 134 valence electrons. The smallest absolute Gasteiger partial charge is 0.224 e. The van der Waals surface area contributed by atoms with Crippen LogP contribution in [0.2, 0.25) is 0 Å². The highest BCUT2D eigenvalue weighted by molar-refractivity contribution is 5.94. The first-order chi connectivity index (χ1) is 11.7. The Morgan fingerprint density at radius 1 is 1.12 bits per heavy atom. The van der Waals surface area contributed by atoms with Crippen molar-refractivity contribution in [2.45, 2.75) is 25.8 Å². The van der Waals surface area contributed by atoms with Crippen molar-refractivity contribution in [3.05, 3.63) is 53.6 Å². The van der Waals surface area contributed by atoms with Crippen molar-refractivity contribution in [3.63, 3.8) is 0 Å². The lowest BCUT2D eigenvalue weighted by Gasteiger charge is -2.20. The van der Waals surface area contributed by atoms with Crippen LogP contribution in [0.25, 0.3) is 0 Å². The van der Waals surface area contributed by atoms with E-state index < -0.39 is 0 Å². The summed E-state index contributed by atoms with van der Waals surface area (Å²) >= 11 is 0. The lowest BCUT2D eigenvalue weighted by atomic mass is 10.0. The van der Waals surface area contributed by atoms with Crippen LogP contribution in [0.4, 0.5) is 5.69 Å². The van der Waals surface area contributed by atoms with Crippen LogP contribution in [0.5, 0.6) is 11.5 Å². The molecule has 1 aliphatic rings. The molecule has 0 aromatic heterocycles. The fraction of sp³-hybridized carbons (Fsp3) is 0.316. The molecule has 3 N–H and O–H groups in total. The summed E-state index contributed by atoms with van der Waals surface area (Å²) in [5.74, 6) is 1.24. The lowest BCUT2D eigenvalue weighted by molar-refractivity contribution is -0.116. The van der Waals surface area contributed by atoms with E-state index in [4.69, 9.17) is 4.74 Å². The summed E-state index contributed by atoms with van der Waals surface area (Å²) in [6.07, 6.45) is 2.10. The second-order valence-corrected chi connectivity index (χ2v) is 5.84. The number of ether oxygens (including phenoxy) is 1. The van der Waals surface area contributed by atoms with Crippen LogP contribution in [0.1, 0.15) is 24.0 Å². The van der Waals surface area contributed by atoms with Gasteiger partial charge in [0.2, 0.25) is 5.91 Å². The molecule has 1 aliphatic heterocycles. The fourth-order valence-corrected chi connectivity index (χ4v) is 2.79. The fourth-order valence-electron chi connectivity index (χ4n) is 2.79. The third kappa shape index (κ3) is 5.11. The van der Waals surface area contributed by atoms with Crippen molar-refractivity contribution in [2.75, 3.05) is 18.5 Å². The zero-order valence-corrected chi connectivity index (χ0v) is 14.8. The molecule has 2 aromatic rings. The molecular formula is C19H23ClN2O3. The van der Waals surface area contributed by atoms with Crippen molar-refractivity contribution < 1.29 is 14.6 Å². The maximum absolute atomic E-state index is 11.4. The zero-order chi connectivity index (χ0) is 16.8. The van der Waals surface area contributed by atoms with E-state index in [1.807, 2.05) is 36.4 Å². The Balaban J connectivity index is 0.00000225. The van der Waals surface area contributed by atoms with Gasteiger partial charge < -0.3 is 20.5 Å². The van der Waals surface area contributed by atoms with Gasteiger partial charge in [0.25, 0.3) is 0 Å². The molecule has 0 fully saturated rings. The molecule has 5 nitrogen and oxygen atoms in total. The van der Waals surface area contributed by atoms with Crippen LogP contribution in [0.15, 0.2) is 42.5 Å². The Kier molecular flexibility index (Phi) is 7.10. The predicted molar refractivity (Wildman–Crippen MR) is 101 cm³/mol. The molecule has 25 heavy (non-hydrogen) atoms. The van der Waals surface area contributed by atoms with Crippen LogP contribution >= 0.6 is 12.4 Å². The molecule has 0 saturated heterocycles. The molecule has 2 aromatic carbocycles. The highest BCUT2D eigenvalue weighted by Crippen LogP contribution is 2.31. The molecule has 0 bridgehead atoms. The van der Waals surface area contributed by atoms with Crippen LogP contribution in [0.3, 0.4) is 0 Å². The van der Waals surface area contributed by atoms with Gasteiger partial charge in [-0.15, -0.1) is 12.4 Å². The number of aromatic hydroxyl groups is 1. The summed E-state index contributed by atoms with van der Waals surface area (Å²) < 4.78 is 5.87. The number of amides is 1. The molecule has 1 amide bonds. The van der Waals surface area contributed by atoms with E-state index in [2.05, 4.69) is 10.6 Å². The summed E-state index contributed by atoms with van der Waals surface area (Å²) in [7, 11) is 0. The first-order valence-electron chi connectivity index (χ1n) is 8.26. The quantitative estimate of drug-likeness (QED) is 0.661. The molecule has 0 unspecified atom stereocenters. The summed E-state index contributed by atoms with van der Waals surface area (Å²) in [5, 5.41) is 15.9. The second-order valence-electron chi connectivity index (χ2n) is 5.84. The molecule has 0 spiro atoms. The number of rotatable bonds is 7. The van der Waals surface area contributed by atoms with Crippen LogP contribution < -0.4 is 15.4 Å². The summed E-state index contributed by atoms with van der Waals surface area (Å²) in [6, 6.07) is 13.1. The van der Waals surface area contributed by atoms with E-state index in [1.165, 1.54) is 0 Å². The van der Waals surface area contributed by atoms with E-state index >= 15 is 0 Å². The standard InChI is InChI=1S/C19H22N2O3.ClH/c22-17-7-2-1-5-14(17)13-20-11-4-12-24-18-8-3-6-16-15(18)9-10-19(23)21-16;/h1-3,5-8,20,22H,4,9-13H2,(H,21,23);1H. The average Bonchev–Trinajstić information content (AvgIpc) is 2.59. The Morgan fingerprint density at radius 3 is 2.80 bits per heavy atom. The van der Waals surface area contributed by atoms with Gasteiger partial charge in [-0.25, -0.2) is 0 Å². The molecule has 3 rings (SSSR count). The number of nitrogens with one attached hydrogen (secondary N) is 2. The lowest BCUT2D eigenvalue weighted by Crippen LogP contribution is -2.20. The van der Waals surface area contributed by atoms with Crippen molar-refractivity contribution >= 4 is 24.0 Å². The second kappa shape index (κ2) is 9.30. The van der Waals surface area contributed by atoms with Gasteiger partial charge in [-0.1, -0.05) is 24.3 Å². The van der Waals surface area contributed by atoms with Crippen LogP contribution in [-0.2, 0) is 17.8 Å². The van der Waals surface area contributed by atoms with Gasteiger partial charge >= 0.3 is 0 Å². The largest absolute Gasteiger partial charge is 0.508 e. The van der Waals surface area contributed by atoms with Crippen molar-refractivity contribution in [3.8, 4) is 11.5 Å².